The topological polar surface area (TPSA) is 88.2 Å². The van der Waals surface area contributed by atoms with Crippen molar-refractivity contribution in [3.05, 3.63) is 35.9 Å². The fourth-order valence-electron chi connectivity index (χ4n) is 1.89. The number of carbonyl (C=O) groups is 1. The predicted molar refractivity (Wildman–Crippen MR) is 65.0 cm³/mol. The molecule has 3 rings (SSSR count). The van der Waals surface area contributed by atoms with Crippen molar-refractivity contribution < 1.29 is 9.21 Å². The quantitative estimate of drug-likeness (QED) is 0.864. The number of aromatic amines is 1. The summed E-state index contributed by atoms with van der Waals surface area (Å²) in [6, 6.07) is 4.92. The number of hydrogen-bond acceptors (Lipinski definition) is 3. The molecule has 18 heavy (non-hydrogen) atoms. The standard InChI is InChI=1S/C12H14N4O2/c13-12(17)16(7-9-2-1-5-18-9)11-6-10(14-15-11)8-3-4-8/h1-2,5-6,8H,3-4,7H2,(H2,13,17)(H,14,15). The number of amides is 2. The van der Waals surface area contributed by atoms with E-state index in [-0.39, 0.29) is 0 Å². The summed E-state index contributed by atoms with van der Waals surface area (Å²) in [5.41, 5.74) is 6.38. The predicted octanol–water partition coefficient (Wildman–Crippen LogP) is 1.97. The fraction of sp³-hybridized carbons (Fsp3) is 0.333. The van der Waals surface area contributed by atoms with E-state index in [9.17, 15) is 4.79 Å². The summed E-state index contributed by atoms with van der Waals surface area (Å²) in [4.78, 5) is 12.9. The molecule has 6 heteroatoms. The molecule has 0 atom stereocenters. The van der Waals surface area contributed by atoms with E-state index in [2.05, 4.69) is 10.2 Å². The van der Waals surface area contributed by atoms with Gasteiger partial charge in [0.15, 0.2) is 0 Å². The number of hydrogen-bond donors (Lipinski definition) is 2. The van der Waals surface area contributed by atoms with Crippen molar-refractivity contribution >= 4 is 11.8 Å². The lowest BCUT2D eigenvalue weighted by molar-refractivity contribution is 0.253. The zero-order valence-electron chi connectivity index (χ0n) is 9.80. The number of aromatic nitrogens is 2. The SMILES string of the molecule is NC(=O)N(Cc1ccco1)c1cc(C2CC2)n[nH]1. The summed E-state index contributed by atoms with van der Waals surface area (Å²) in [5.74, 6) is 1.82. The molecule has 1 aliphatic carbocycles. The fourth-order valence-corrected chi connectivity index (χ4v) is 1.89. The van der Waals surface area contributed by atoms with Crippen molar-refractivity contribution in [3.8, 4) is 0 Å². The molecule has 0 aliphatic heterocycles. The molecule has 0 bridgehead atoms. The third-order valence-corrected chi connectivity index (χ3v) is 3.03. The van der Waals surface area contributed by atoms with Gasteiger partial charge in [-0.25, -0.2) is 4.79 Å². The second-order valence-corrected chi connectivity index (χ2v) is 4.46. The lowest BCUT2D eigenvalue weighted by atomic mass is 10.3. The number of urea groups is 1. The lowest BCUT2D eigenvalue weighted by Crippen LogP contribution is -2.35. The molecule has 0 saturated heterocycles. The molecule has 2 aromatic heterocycles. The first kappa shape index (κ1) is 10.9. The zero-order valence-corrected chi connectivity index (χ0v) is 9.80. The first-order valence-corrected chi connectivity index (χ1v) is 5.88. The van der Waals surface area contributed by atoms with Crippen LogP contribution in [-0.4, -0.2) is 16.2 Å². The van der Waals surface area contributed by atoms with Crippen molar-refractivity contribution in [1.29, 1.82) is 0 Å². The van der Waals surface area contributed by atoms with Gasteiger partial charge in [-0.15, -0.1) is 0 Å². The van der Waals surface area contributed by atoms with Gasteiger partial charge in [-0.2, -0.15) is 5.10 Å². The van der Waals surface area contributed by atoms with Crippen LogP contribution in [0.5, 0.6) is 0 Å². The molecule has 2 heterocycles. The highest BCUT2D eigenvalue weighted by Gasteiger charge is 2.27. The van der Waals surface area contributed by atoms with Gasteiger partial charge < -0.3 is 10.2 Å². The van der Waals surface area contributed by atoms with E-state index in [0.717, 1.165) is 5.69 Å². The lowest BCUT2D eigenvalue weighted by Gasteiger charge is -2.16. The van der Waals surface area contributed by atoms with Gasteiger partial charge >= 0.3 is 6.03 Å². The second-order valence-electron chi connectivity index (χ2n) is 4.46. The number of primary amides is 1. The normalized spacial score (nSPS) is 14.7. The Kier molecular flexibility index (Phi) is 2.55. The average molecular weight is 246 g/mol. The van der Waals surface area contributed by atoms with Crippen LogP contribution in [0.1, 0.15) is 30.2 Å². The third-order valence-electron chi connectivity index (χ3n) is 3.03. The van der Waals surface area contributed by atoms with Gasteiger partial charge in [-0.1, -0.05) is 0 Å². The van der Waals surface area contributed by atoms with Crippen LogP contribution in [0.3, 0.4) is 0 Å². The van der Waals surface area contributed by atoms with E-state index in [1.807, 2.05) is 6.07 Å². The van der Waals surface area contributed by atoms with E-state index in [1.54, 1.807) is 18.4 Å². The second kappa shape index (κ2) is 4.21. The minimum Gasteiger partial charge on any atom is -0.467 e. The zero-order chi connectivity index (χ0) is 12.5. The van der Waals surface area contributed by atoms with Gasteiger partial charge in [-0.05, 0) is 25.0 Å². The summed E-state index contributed by atoms with van der Waals surface area (Å²) in [5, 5.41) is 7.06. The highest BCUT2D eigenvalue weighted by molar-refractivity contribution is 5.89. The average Bonchev–Trinajstić information content (AvgIpc) is 2.89. The maximum absolute atomic E-state index is 11.5. The Balaban J connectivity index is 1.81. The van der Waals surface area contributed by atoms with E-state index >= 15 is 0 Å². The van der Waals surface area contributed by atoms with Crippen LogP contribution in [-0.2, 0) is 6.54 Å². The van der Waals surface area contributed by atoms with Crippen molar-refractivity contribution in [3.63, 3.8) is 0 Å². The van der Waals surface area contributed by atoms with E-state index in [4.69, 9.17) is 10.2 Å². The Morgan fingerprint density at radius 2 is 2.44 bits per heavy atom. The van der Waals surface area contributed by atoms with E-state index in [1.165, 1.54) is 17.7 Å². The Labute approximate surface area is 104 Å². The summed E-state index contributed by atoms with van der Waals surface area (Å²) in [7, 11) is 0. The van der Waals surface area contributed by atoms with Gasteiger partial charge in [0.2, 0.25) is 0 Å². The number of carbonyl (C=O) groups excluding carboxylic acids is 1. The number of H-pyrrole nitrogens is 1. The Morgan fingerprint density at radius 3 is 3.06 bits per heavy atom. The molecule has 6 nitrogen and oxygen atoms in total. The van der Waals surface area contributed by atoms with Gasteiger partial charge in [0.1, 0.15) is 11.6 Å². The number of nitrogens with zero attached hydrogens (tertiary/aromatic N) is 2. The van der Waals surface area contributed by atoms with Crippen LogP contribution < -0.4 is 10.6 Å². The monoisotopic (exact) mass is 246 g/mol. The van der Waals surface area contributed by atoms with Crippen LogP contribution in [0.15, 0.2) is 28.9 Å². The largest absolute Gasteiger partial charge is 0.467 e. The molecule has 1 saturated carbocycles. The molecular formula is C12H14N4O2. The van der Waals surface area contributed by atoms with Gasteiger partial charge in [0.25, 0.3) is 0 Å². The maximum atomic E-state index is 11.5. The van der Waals surface area contributed by atoms with Crippen LogP contribution in [0, 0.1) is 0 Å². The van der Waals surface area contributed by atoms with Gasteiger partial charge in [0.05, 0.1) is 18.5 Å². The Morgan fingerprint density at radius 1 is 1.61 bits per heavy atom. The molecule has 1 fully saturated rings. The molecule has 0 radical (unpaired) electrons. The van der Waals surface area contributed by atoms with Crippen molar-refractivity contribution in [2.75, 3.05) is 4.90 Å². The summed E-state index contributed by atoms with van der Waals surface area (Å²) in [6.45, 7) is 0.300. The summed E-state index contributed by atoms with van der Waals surface area (Å²) >= 11 is 0. The number of furan rings is 1. The minimum atomic E-state index is -0.530. The molecule has 2 amide bonds. The summed E-state index contributed by atoms with van der Waals surface area (Å²) in [6.07, 6.45) is 3.90. The number of nitrogens with two attached hydrogens (primary N) is 1. The highest BCUT2D eigenvalue weighted by atomic mass is 16.3. The first-order valence-electron chi connectivity index (χ1n) is 5.88. The number of rotatable bonds is 4. The van der Waals surface area contributed by atoms with Gasteiger partial charge in [-0.3, -0.25) is 10.00 Å². The van der Waals surface area contributed by atoms with Crippen LogP contribution in [0.25, 0.3) is 0 Å². The van der Waals surface area contributed by atoms with Crippen LogP contribution in [0.2, 0.25) is 0 Å². The molecule has 2 aromatic rings. The Bertz CT molecular complexity index is 542. The first-order chi connectivity index (χ1) is 8.74. The number of anilines is 1. The van der Waals surface area contributed by atoms with Crippen molar-refractivity contribution in [2.45, 2.75) is 25.3 Å². The van der Waals surface area contributed by atoms with Crippen molar-refractivity contribution in [1.82, 2.24) is 10.2 Å². The molecule has 3 N–H and O–H groups in total. The highest BCUT2D eigenvalue weighted by Crippen LogP contribution is 2.39. The molecule has 0 aromatic carbocycles. The summed E-state index contributed by atoms with van der Waals surface area (Å²) < 4.78 is 5.22. The van der Waals surface area contributed by atoms with E-state index in [0.29, 0.717) is 24.0 Å². The van der Waals surface area contributed by atoms with E-state index < -0.39 is 6.03 Å². The number of nitrogens with one attached hydrogen (secondary N) is 1. The smallest absolute Gasteiger partial charge is 0.320 e. The maximum Gasteiger partial charge on any atom is 0.320 e. The molecule has 0 unspecified atom stereocenters. The van der Waals surface area contributed by atoms with Crippen LogP contribution >= 0.6 is 0 Å². The molecule has 0 spiro atoms. The molecule has 94 valence electrons. The third kappa shape index (κ3) is 2.09. The van der Waals surface area contributed by atoms with Crippen LogP contribution in [0.4, 0.5) is 10.6 Å². The molecular weight excluding hydrogens is 232 g/mol. The van der Waals surface area contributed by atoms with Crippen molar-refractivity contribution in [2.24, 2.45) is 5.73 Å². The molecule has 1 aliphatic rings. The minimum absolute atomic E-state index is 0.300. The van der Waals surface area contributed by atoms with Gasteiger partial charge in [0, 0.05) is 12.0 Å². The Hall–Kier alpha value is -2.24.